The summed E-state index contributed by atoms with van der Waals surface area (Å²) < 4.78 is 0. The largest absolute Gasteiger partial charge is 0.268 e. The Morgan fingerprint density at radius 3 is 2.57 bits per heavy atom. The second-order valence-corrected chi connectivity index (χ2v) is 2.33. The zero-order valence-electron chi connectivity index (χ0n) is 4.09. The summed E-state index contributed by atoms with van der Waals surface area (Å²) in [6.45, 7) is 0. The van der Waals surface area contributed by atoms with Crippen molar-refractivity contribution in [2.45, 2.75) is 12.8 Å². The molecular weight excluding hydrogens is 86.1 g/mol. The van der Waals surface area contributed by atoms with Gasteiger partial charge in [-0.25, -0.2) is 0 Å². The van der Waals surface area contributed by atoms with E-state index in [1.54, 1.807) is 0 Å². The van der Waals surface area contributed by atoms with Crippen LogP contribution in [0.3, 0.4) is 0 Å². The van der Waals surface area contributed by atoms with Gasteiger partial charge in [0.25, 0.3) is 0 Å². The second-order valence-electron chi connectivity index (χ2n) is 2.33. The average Bonchev–Trinajstić information content (AvgIpc) is 2.15. The lowest BCUT2D eigenvalue weighted by Crippen LogP contribution is -1.89. The molecule has 0 unspecified atom stereocenters. The SMILES string of the molecule is C1=CC2(C=N1)CC2. The summed E-state index contributed by atoms with van der Waals surface area (Å²) in [7, 11) is 0. The summed E-state index contributed by atoms with van der Waals surface area (Å²) in [4.78, 5) is 3.99. The van der Waals surface area contributed by atoms with E-state index in [1.165, 1.54) is 12.8 Å². The molecule has 1 nitrogen and oxygen atoms in total. The number of allylic oxidation sites excluding steroid dienone is 1. The van der Waals surface area contributed by atoms with Crippen LogP contribution in [0.5, 0.6) is 0 Å². The van der Waals surface area contributed by atoms with Gasteiger partial charge in [0.05, 0.1) is 0 Å². The summed E-state index contributed by atoms with van der Waals surface area (Å²) in [5.74, 6) is 0. The molecule has 7 heavy (non-hydrogen) atoms. The van der Waals surface area contributed by atoms with E-state index < -0.39 is 0 Å². The van der Waals surface area contributed by atoms with Crippen LogP contribution in [-0.4, -0.2) is 6.21 Å². The highest BCUT2D eigenvalue weighted by Gasteiger charge is 2.39. The molecule has 0 radical (unpaired) electrons. The average molecular weight is 93.1 g/mol. The van der Waals surface area contributed by atoms with E-state index in [4.69, 9.17) is 0 Å². The Kier molecular flexibility index (Phi) is 0.394. The first-order valence-corrected chi connectivity index (χ1v) is 2.63. The van der Waals surface area contributed by atoms with E-state index in [-0.39, 0.29) is 0 Å². The number of hydrogen-bond donors (Lipinski definition) is 0. The third-order valence-electron chi connectivity index (χ3n) is 1.65. The molecule has 0 N–H and O–H groups in total. The summed E-state index contributed by atoms with van der Waals surface area (Å²) in [6.07, 6.45) is 8.78. The molecule has 1 heteroatoms. The van der Waals surface area contributed by atoms with Crippen molar-refractivity contribution in [2.75, 3.05) is 0 Å². The fourth-order valence-electron chi connectivity index (χ4n) is 0.866. The van der Waals surface area contributed by atoms with Gasteiger partial charge in [-0.05, 0) is 12.8 Å². The van der Waals surface area contributed by atoms with Gasteiger partial charge in [0, 0.05) is 17.8 Å². The van der Waals surface area contributed by atoms with Crippen LogP contribution >= 0.6 is 0 Å². The summed E-state index contributed by atoms with van der Waals surface area (Å²) in [5, 5.41) is 0. The molecule has 0 bridgehead atoms. The molecule has 0 aromatic carbocycles. The molecule has 0 aromatic heterocycles. The van der Waals surface area contributed by atoms with Crippen LogP contribution in [0, 0.1) is 5.41 Å². The molecule has 0 atom stereocenters. The minimum absolute atomic E-state index is 0.472. The Balaban J connectivity index is 2.38. The van der Waals surface area contributed by atoms with Crippen molar-refractivity contribution in [1.29, 1.82) is 0 Å². The van der Waals surface area contributed by atoms with Crippen molar-refractivity contribution >= 4 is 6.21 Å². The lowest BCUT2D eigenvalue weighted by molar-refractivity contribution is 0.968. The molecule has 2 aliphatic rings. The molecule has 0 saturated heterocycles. The van der Waals surface area contributed by atoms with Gasteiger partial charge < -0.3 is 0 Å². The highest BCUT2D eigenvalue weighted by atomic mass is 14.7. The van der Waals surface area contributed by atoms with E-state index in [9.17, 15) is 0 Å². The molecule has 2 rings (SSSR count). The molecule has 1 aliphatic heterocycles. The molecule has 1 spiro atoms. The fraction of sp³-hybridized carbons (Fsp3) is 0.500. The monoisotopic (exact) mass is 93.1 g/mol. The maximum absolute atomic E-state index is 3.99. The topological polar surface area (TPSA) is 12.4 Å². The Morgan fingerprint density at radius 2 is 2.29 bits per heavy atom. The van der Waals surface area contributed by atoms with Gasteiger partial charge in [-0.15, -0.1) is 0 Å². The van der Waals surface area contributed by atoms with E-state index in [0.717, 1.165) is 0 Å². The quantitative estimate of drug-likeness (QED) is 0.429. The lowest BCUT2D eigenvalue weighted by atomic mass is 10.1. The number of rotatable bonds is 0. The predicted molar refractivity (Wildman–Crippen MR) is 29.3 cm³/mol. The van der Waals surface area contributed by atoms with Crippen LogP contribution in [0.1, 0.15) is 12.8 Å². The molecule has 1 fully saturated rings. The smallest absolute Gasteiger partial charge is 0.0254 e. The summed E-state index contributed by atoms with van der Waals surface area (Å²) in [6, 6.07) is 0. The molecule has 36 valence electrons. The van der Waals surface area contributed by atoms with Gasteiger partial charge in [-0.2, -0.15) is 0 Å². The van der Waals surface area contributed by atoms with E-state index in [2.05, 4.69) is 11.1 Å². The van der Waals surface area contributed by atoms with E-state index in [0.29, 0.717) is 5.41 Å². The Labute approximate surface area is 42.8 Å². The third-order valence-corrected chi connectivity index (χ3v) is 1.65. The highest BCUT2D eigenvalue weighted by molar-refractivity contribution is 5.75. The number of aliphatic imine (C=N–C) groups is 1. The minimum atomic E-state index is 0.472. The molecule has 0 amide bonds. The standard InChI is InChI=1S/C6H7N/c1-2-6(1)3-4-7-5-6/h3-5H,1-2H2. The molecular formula is C6H7N. The van der Waals surface area contributed by atoms with Crippen molar-refractivity contribution < 1.29 is 0 Å². The summed E-state index contributed by atoms with van der Waals surface area (Å²) >= 11 is 0. The Bertz CT molecular complexity index is 126. The zero-order chi connectivity index (χ0) is 4.74. The van der Waals surface area contributed by atoms with Crippen LogP contribution in [0.4, 0.5) is 0 Å². The minimum Gasteiger partial charge on any atom is -0.268 e. The van der Waals surface area contributed by atoms with Crippen LogP contribution in [0.15, 0.2) is 17.3 Å². The lowest BCUT2D eigenvalue weighted by Gasteiger charge is -1.87. The highest BCUT2D eigenvalue weighted by Crippen LogP contribution is 2.46. The van der Waals surface area contributed by atoms with Crippen molar-refractivity contribution in [2.24, 2.45) is 10.4 Å². The first-order valence-electron chi connectivity index (χ1n) is 2.63. The molecule has 1 heterocycles. The van der Waals surface area contributed by atoms with Crippen LogP contribution in [0.2, 0.25) is 0 Å². The predicted octanol–water partition coefficient (Wildman–Crippen LogP) is 1.36. The molecule has 1 saturated carbocycles. The van der Waals surface area contributed by atoms with Crippen LogP contribution in [-0.2, 0) is 0 Å². The van der Waals surface area contributed by atoms with Gasteiger partial charge in [-0.3, -0.25) is 4.99 Å². The van der Waals surface area contributed by atoms with Crippen molar-refractivity contribution in [3.63, 3.8) is 0 Å². The fourth-order valence-corrected chi connectivity index (χ4v) is 0.866. The maximum atomic E-state index is 3.99. The maximum Gasteiger partial charge on any atom is 0.0254 e. The van der Waals surface area contributed by atoms with Gasteiger partial charge >= 0.3 is 0 Å². The molecule has 1 aliphatic carbocycles. The molecule has 0 aromatic rings. The first kappa shape index (κ1) is 3.42. The van der Waals surface area contributed by atoms with Gasteiger partial charge in [0.15, 0.2) is 0 Å². The van der Waals surface area contributed by atoms with Gasteiger partial charge in [0.1, 0.15) is 0 Å². The number of nitrogens with zero attached hydrogens (tertiary/aromatic N) is 1. The van der Waals surface area contributed by atoms with Gasteiger partial charge in [-0.1, -0.05) is 6.08 Å². The van der Waals surface area contributed by atoms with Crippen molar-refractivity contribution in [3.8, 4) is 0 Å². The van der Waals surface area contributed by atoms with E-state index >= 15 is 0 Å². The number of hydrogen-bond acceptors (Lipinski definition) is 1. The van der Waals surface area contributed by atoms with Crippen molar-refractivity contribution in [1.82, 2.24) is 0 Å². The van der Waals surface area contributed by atoms with Gasteiger partial charge in [0.2, 0.25) is 0 Å². The zero-order valence-corrected chi connectivity index (χ0v) is 4.09. The van der Waals surface area contributed by atoms with Crippen LogP contribution in [0.25, 0.3) is 0 Å². The Morgan fingerprint density at radius 1 is 1.43 bits per heavy atom. The van der Waals surface area contributed by atoms with E-state index in [1.807, 2.05) is 12.4 Å². The van der Waals surface area contributed by atoms with Crippen molar-refractivity contribution in [3.05, 3.63) is 12.3 Å². The first-order chi connectivity index (χ1) is 3.41. The Hall–Kier alpha value is -0.590. The second kappa shape index (κ2) is 0.808. The summed E-state index contributed by atoms with van der Waals surface area (Å²) in [5.41, 5.74) is 0.472. The van der Waals surface area contributed by atoms with Crippen LogP contribution < -0.4 is 0 Å². The normalized spacial score (nSPS) is 29.7. The third kappa shape index (κ3) is 0.350.